The number of halogens is 4. The molecule has 3 rings (SSSR count). The van der Waals surface area contributed by atoms with E-state index < -0.39 is 11.7 Å². The molecule has 110 valence electrons. The summed E-state index contributed by atoms with van der Waals surface area (Å²) in [5.74, 6) is 0.507. The number of hydrogen-bond donors (Lipinski definition) is 0. The quantitative estimate of drug-likeness (QED) is 0.775. The lowest BCUT2D eigenvalue weighted by Crippen LogP contribution is -2.05. The zero-order valence-electron chi connectivity index (χ0n) is 10.9. The van der Waals surface area contributed by atoms with Crippen molar-refractivity contribution in [3.63, 3.8) is 0 Å². The van der Waals surface area contributed by atoms with Crippen LogP contribution in [0.5, 0.6) is 11.6 Å². The van der Waals surface area contributed by atoms with E-state index in [2.05, 4.69) is 4.98 Å². The fourth-order valence-electron chi connectivity index (χ4n) is 2.38. The van der Waals surface area contributed by atoms with Crippen LogP contribution in [0, 0.1) is 0 Å². The highest BCUT2D eigenvalue weighted by atomic mass is 35.5. The minimum atomic E-state index is -4.47. The van der Waals surface area contributed by atoms with E-state index in [1.165, 1.54) is 11.1 Å². The van der Waals surface area contributed by atoms with Crippen molar-refractivity contribution < 1.29 is 17.9 Å². The van der Waals surface area contributed by atoms with Crippen molar-refractivity contribution in [1.82, 2.24) is 4.98 Å². The summed E-state index contributed by atoms with van der Waals surface area (Å²) in [7, 11) is 0. The molecule has 0 N–H and O–H groups in total. The van der Waals surface area contributed by atoms with Gasteiger partial charge in [0.25, 0.3) is 0 Å². The number of nitrogens with zero attached hydrogens (tertiary/aromatic N) is 1. The lowest BCUT2D eigenvalue weighted by atomic mass is 10.1. The molecule has 0 spiro atoms. The van der Waals surface area contributed by atoms with Crippen LogP contribution in [-0.2, 0) is 19.0 Å². The smallest absolute Gasteiger partial charge is 0.417 e. The van der Waals surface area contributed by atoms with E-state index in [1.807, 2.05) is 12.1 Å². The number of benzene rings is 1. The molecular weight excluding hydrogens is 303 g/mol. The van der Waals surface area contributed by atoms with Gasteiger partial charge in [-0.25, -0.2) is 4.98 Å². The van der Waals surface area contributed by atoms with E-state index in [0.717, 1.165) is 25.3 Å². The predicted molar refractivity (Wildman–Crippen MR) is 72.8 cm³/mol. The molecule has 21 heavy (non-hydrogen) atoms. The van der Waals surface area contributed by atoms with Gasteiger partial charge in [0.1, 0.15) is 10.8 Å². The van der Waals surface area contributed by atoms with Crippen molar-refractivity contribution in [3.05, 3.63) is 52.2 Å². The Morgan fingerprint density at radius 2 is 1.86 bits per heavy atom. The van der Waals surface area contributed by atoms with Crippen LogP contribution < -0.4 is 4.74 Å². The van der Waals surface area contributed by atoms with Crippen LogP contribution in [0.2, 0.25) is 5.02 Å². The minimum absolute atomic E-state index is 0.0254. The number of aryl methyl sites for hydroxylation is 2. The van der Waals surface area contributed by atoms with Crippen LogP contribution >= 0.6 is 11.6 Å². The SMILES string of the molecule is FC(F)(F)c1cnc(Oc2ccc3c(c2)CCC3)c(Cl)c1. The summed E-state index contributed by atoms with van der Waals surface area (Å²) in [5.41, 5.74) is 1.60. The normalized spacial score (nSPS) is 14.1. The Morgan fingerprint density at radius 1 is 1.10 bits per heavy atom. The maximum absolute atomic E-state index is 12.5. The topological polar surface area (TPSA) is 22.1 Å². The molecule has 0 bridgehead atoms. The van der Waals surface area contributed by atoms with Crippen LogP contribution in [-0.4, -0.2) is 4.98 Å². The van der Waals surface area contributed by atoms with Gasteiger partial charge in [-0.3, -0.25) is 0 Å². The molecule has 0 amide bonds. The fourth-order valence-corrected chi connectivity index (χ4v) is 2.58. The lowest BCUT2D eigenvalue weighted by molar-refractivity contribution is -0.137. The van der Waals surface area contributed by atoms with Crippen molar-refractivity contribution in [2.24, 2.45) is 0 Å². The minimum Gasteiger partial charge on any atom is -0.438 e. The van der Waals surface area contributed by atoms with Crippen LogP contribution in [0.25, 0.3) is 0 Å². The van der Waals surface area contributed by atoms with Gasteiger partial charge in [0.15, 0.2) is 0 Å². The molecule has 0 fully saturated rings. The average Bonchev–Trinajstić information content (AvgIpc) is 2.87. The van der Waals surface area contributed by atoms with Gasteiger partial charge in [-0.2, -0.15) is 13.2 Å². The molecule has 0 saturated carbocycles. The molecule has 0 saturated heterocycles. The lowest BCUT2D eigenvalue weighted by Gasteiger charge is -2.10. The van der Waals surface area contributed by atoms with Gasteiger partial charge in [0, 0.05) is 6.20 Å². The Morgan fingerprint density at radius 3 is 2.57 bits per heavy atom. The average molecular weight is 314 g/mol. The summed E-state index contributed by atoms with van der Waals surface area (Å²) < 4.78 is 43.1. The summed E-state index contributed by atoms with van der Waals surface area (Å²) >= 11 is 5.82. The first-order valence-electron chi connectivity index (χ1n) is 6.46. The maximum atomic E-state index is 12.5. The van der Waals surface area contributed by atoms with Crippen molar-refractivity contribution in [3.8, 4) is 11.6 Å². The van der Waals surface area contributed by atoms with Gasteiger partial charge in [0.2, 0.25) is 5.88 Å². The monoisotopic (exact) mass is 313 g/mol. The number of rotatable bonds is 2. The number of fused-ring (bicyclic) bond motifs is 1. The highest BCUT2D eigenvalue weighted by Crippen LogP contribution is 2.35. The fraction of sp³-hybridized carbons (Fsp3) is 0.267. The zero-order valence-corrected chi connectivity index (χ0v) is 11.6. The standard InChI is InChI=1S/C15H11ClF3NO/c16-13-7-11(15(17,18)19)8-20-14(13)21-12-5-4-9-2-1-3-10(9)6-12/h4-8H,1-3H2. The molecule has 1 aromatic heterocycles. The van der Waals surface area contributed by atoms with Gasteiger partial charge in [-0.1, -0.05) is 17.7 Å². The Balaban J connectivity index is 1.85. The summed E-state index contributed by atoms with van der Waals surface area (Å²) in [6.45, 7) is 0. The molecule has 0 radical (unpaired) electrons. The second-order valence-electron chi connectivity index (χ2n) is 4.89. The van der Waals surface area contributed by atoms with Crippen molar-refractivity contribution in [2.75, 3.05) is 0 Å². The summed E-state index contributed by atoms with van der Waals surface area (Å²) in [6.07, 6.45) is -0.606. The first-order valence-corrected chi connectivity index (χ1v) is 6.84. The second kappa shape index (κ2) is 5.22. The number of aromatic nitrogens is 1. The van der Waals surface area contributed by atoms with Crippen LogP contribution in [0.1, 0.15) is 23.1 Å². The number of alkyl halides is 3. The molecule has 0 atom stereocenters. The van der Waals surface area contributed by atoms with Gasteiger partial charge >= 0.3 is 6.18 Å². The molecule has 1 aliphatic carbocycles. The number of pyridine rings is 1. The largest absolute Gasteiger partial charge is 0.438 e. The van der Waals surface area contributed by atoms with E-state index in [9.17, 15) is 13.2 Å². The summed E-state index contributed by atoms with van der Waals surface area (Å²) in [6, 6.07) is 6.45. The van der Waals surface area contributed by atoms with Crippen molar-refractivity contribution in [2.45, 2.75) is 25.4 Å². The van der Waals surface area contributed by atoms with E-state index in [0.29, 0.717) is 11.9 Å². The Hall–Kier alpha value is -1.75. The van der Waals surface area contributed by atoms with Gasteiger partial charge in [-0.15, -0.1) is 0 Å². The van der Waals surface area contributed by atoms with Crippen LogP contribution in [0.3, 0.4) is 0 Å². The van der Waals surface area contributed by atoms with E-state index in [-0.39, 0.29) is 10.9 Å². The number of hydrogen-bond acceptors (Lipinski definition) is 2. The van der Waals surface area contributed by atoms with Crippen molar-refractivity contribution >= 4 is 11.6 Å². The highest BCUT2D eigenvalue weighted by Gasteiger charge is 2.31. The van der Waals surface area contributed by atoms with E-state index in [1.54, 1.807) is 6.07 Å². The Labute approximate surface area is 124 Å². The third kappa shape index (κ3) is 2.97. The molecule has 2 aromatic rings. The molecule has 6 heteroatoms. The molecule has 1 aromatic carbocycles. The third-order valence-corrected chi connectivity index (χ3v) is 3.69. The summed E-state index contributed by atoms with van der Waals surface area (Å²) in [5, 5.41) is -0.162. The second-order valence-corrected chi connectivity index (χ2v) is 5.30. The van der Waals surface area contributed by atoms with Crippen LogP contribution in [0.15, 0.2) is 30.5 Å². The van der Waals surface area contributed by atoms with Gasteiger partial charge < -0.3 is 4.74 Å². The van der Waals surface area contributed by atoms with Gasteiger partial charge in [0.05, 0.1) is 5.56 Å². The number of ether oxygens (including phenoxy) is 1. The molecule has 1 heterocycles. The van der Waals surface area contributed by atoms with Crippen LogP contribution in [0.4, 0.5) is 13.2 Å². The molecule has 1 aliphatic rings. The first kappa shape index (κ1) is 14.2. The Kier molecular flexibility index (Phi) is 3.53. The zero-order chi connectivity index (χ0) is 15.0. The van der Waals surface area contributed by atoms with E-state index in [4.69, 9.17) is 16.3 Å². The molecule has 0 aliphatic heterocycles. The summed E-state index contributed by atoms with van der Waals surface area (Å²) in [4.78, 5) is 3.66. The van der Waals surface area contributed by atoms with Crippen molar-refractivity contribution in [1.29, 1.82) is 0 Å². The predicted octanol–water partition coefficient (Wildman–Crippen LogP) is 5.03. The molecule has 0 unspecified atom stereocenters. The third-order valence-electron chi connectivity index (χ3n) is 3.42. The van der Waals surface area contributed by atoms with Gasteiger partial charge in [-0.05, 0) is 48.6 Å². The highest BCUT2D eigenvalue weighted by molar-refractivity contribution is 6.31. The first-order chi connectivity index (χ1) is 9.93. The maximum Gasteiger partial charge on any atom is 0.417 e. The molecular formula is C15H11ClF3NO. The van der Waals surface area contributed by atoms with E-state index >= 15 is 0 Å². The molecule has 2 nitrogen and oxygen atoms in total. The Bertz CT molecular complexity index is 685.